The van der Waals surface area contributed by atoms with E-state index >= 15 is 0 Å². The first kappa shape index (κ1) is 26.0. The van der Waals surface area contributed by atoms with Crippen LogP contribution in [0.5, 0.6) is 5.75 Å². The van der Waals surface area contributed by atoms with Crippen molar-refractivity contribution in [3.8, 4) is 11.4 Å². The molecule has 4 aromatic rings. The lowest BCUT2D eigenvalue weighted by molar-refractivity contribution is -0.116. The third kappa shape index (κ3) is 5.77. The molecule has 0 bridgehead atoms. The van der Waals surface area contributed by atoms with Gasteiger partial charge in [0.25, 0.3) is 5.91 Å². The molecule has 0 spiro atoms. The highest BCUT2D eigenvalue weighted by Crippen LogP contribution is 2.32. The molecule has 1 aliphatic rings. The van der Waals surface area contributed by atoms with E-state index in [1.54, 1.807) is 0 Å². The zero-order valence-electron chi connectivity index (χ0n) is 21.6. The SMILES string of the molecule is CCc1ccc(N[C@H]2NC(=O)/C(=C/c3cc(C)n(-c4ccc(OCc5ccccc5Cl)cc4)c3C)S2)cc1. The number of carbonyl (C=O) groups excluding carboxylic acids is 1. The molecule has 1 saturated heterocycles. The van der Waals surface area contributed by atoms with Crippen molar-refractivity contribution in [3.63, 3.8) is 0 Å². The molecule has 7 heteroatoms. The Bertz CT molecular complexity index is 1480. The number of nitrogens with one attached hydrogen (secondary N) is 2. The molecule has 0 saturated carbocycles. The van der Waals surface area contributed by atoms with Crippen molar-refractivity contribution in [2.45, 2.75) is 39.3 Å². The highest BCUT2D eigenvalue weighted by molar-refractivity contribution is 8.05. The summed E-state index contributed by atoms with van der Waals surface area (Å²) >= 11 is 7.74. The number of nitrogens with zero attached hydrogens (tertiary/aromatic N) is 1. The van der Waals surface area contributed by atoms with Crippen LogP contribution in [0.1, 0.15) is 35.0 Å². The lowest BCUT2D eigenvalue weighted by Crippen LogP contribution is -2.30. The summed E-state index contributed by atoms with van der Waals surface area (Å²) < 4.78 is 8.12. The van der Waals surface area contributed by atoms with Gasteiger partial charge in [-0.15, -0.1) is 0 Å². The van der Waals surface area contributed by atoms with E-state index in [2.05, 4.69) is 54.2 Å². The molecule has 194 valence electrons. The molecule has 1 amide bonds. The van der Waals surface area contributed by atoms with Crippen LogP contribution in [0.3, 0.4) is 0 Å². The van der Waals surface area contributed by atoms with Crippen molar-refractivity contribution >= 4 is 41.0 Å². The second kappa shape index (κ2) is 11.4. The second-order valence-corrected chi connectivity index (χ2v) is 10.8. The molecule has 1 aromatic heterocycles. The topological polar surface area (TPSA) is 55.3 Å². The van der Waals surface area contributed by atoms with Gasteiger partial charge in [0.2, 0.25) is 0 Å². The Morgan fingerprint density at radius 3 is 2.50 bits per heavy atom. The standard InChI is InChI=1S/C31H30ClN3O2S/c1-4-22-9-11-25(12-10-22)33-31-34-30(36)29(38-31)18-24-17-20(2)35(21(24)3)26-13-15-27(16-14-26)37-19-23-7-5-6-8-28(23)32/h5-18,31,33H,4,19H2,1-3H3,(H,34,36)/b29-18-/t31-/m0/s1. The Morgan fingerprint density at radius 2 is 1.79 bits per heavy atom. The molecule has 3 aromatic carbocycles. The summed E-state index contributed by atoms with van der Waals surface area (Å²) in [6.07, 6.45) is 2.98. The molecule has 0 aliphatic carbocycles. The van der Waals surface area contributed by atoms with Gasteiger partial charge in [-0.05, 0) is 86.0 Å². The molecule has 38 heavy (non-hydrogen) atoms. The molecule has 5 rings (SSSR count). The minimum absolute atomic E-state index is 0.0671. The van der Waals surface area contributed by atoms with Gasteiger partial charge in [-0.25, -0.2) is 0 Å². The van der Waals surface area contributed by atoms with E-state index in [0.29, 0.717) is 16.5 Å². The number of thioether (sulfide) groups is 1. The maximum Gasteiger partial charge on any atom is 0.260 e. The predicted molar refractivity (Wildman–Crippen MR) is 158 cm³/mol. The van der Waals surface area contributed by atoms with Gasteiger partial charge in [-0.2, -0.15) is 0 Å². The van der Waals surface area contributed by atoms with E-state index in [9.17, 15) is 4.79 Å². The van der Waals surface area contributed by atoms with Gasteiger partial charge in [0.05, 0.1) is 4.91 Å². The van der Waals surface area contributed by atoms with Gasteiger partial charge >= 0.3 is 0 Å². The van der Waals surface area contributed by atoms with Crippen molar-refractivity contribution in [1.29, 1.82) is 0 Å². The first-order valence-corrected chi connectivity index (χ1v) is 13.9. The van der Waals surface area contributed by atoms with Crippen LogP contribution in [-0.4, -0.2) is 16.0 Å². The highest BCUT2D eigenvalue weighted by atomic mass is 35.5. The van der Waals surface area contributed by atoms with Crippen LogP contribution in [0.15, 0.2) is 83.8 Å². The zero-order valence-corrected chi connectivity index (χ0v) is 23.2. The molecule has 0 unspecified atom stereocenters. The number of amides is 1. The van der Waals surface area contributed by atoms with Gasteiger partial charge < -0.3 is 19.9 Å². The van der Waals surface area contributed by atoms with Crippen molar-refractivity contribution in [2.75, 3.05) is 5.32 Å². The Kier molecular flexibility index (Phi) is 7.82. The third-order valence-corrected chi connectivity index (χ3v) is 7.99. The zero-order chi connectivity index (χ0) is 26.6. The fourth-order valence-corrected chi connectivity index (χ4v) is 5.66. The summed E-state index contributed by atoms with van der Waals surface area (Å²) in [6.45, 7) is 6.70. The first-order chi connectivity index (χ1) is 18.4. The Balaban J connectivity index is 1.28. The number of aromatic nitrogens is 1. The van der Waals surface area contributed by atoms with Crippen molar-refractivity contribution < 1.29 is 9.53 Å². The van der Waals surface area contributed by atoms with Gasteiger partial charge in [0, 0.05) is 33.3 Å². The third-order valence-electron chi connectivity index (χ3n) is 6.59. The average Bonchev–Trinajstić information content (AvgIpc) is 3.41. The maximum absolute atomic E-state index is 12.7. The molecule has 2 heterocycles. The smallest absolute Gasteiger partial charge is 0.260 e. The normalized spacial score (nSPS) is 16.1. The summed E-state index contributed by atoms with van der Waals surface area (Å²) in [4.78, 5) is 13.4. The van der Waals surface area contributed by atoms with E-state index in [0.717, 1.165) is 46.1 Å². The molecule has 1 fully saturated rings. The van der Waals surface area contributed by atoms with Crippen LogP contribution in [0.4, 0.5) is 5.69 Å². The number of benzene rings is 3. The predicted octanol–water partition coefficient (Wildman–Crippen LogP) is 7.49. The van der Waals surface area contributed by atoms with E-state index < -0.39 is 0 Å². The van der Waals surface area contributed by atoms with Crippen LogP contribution in [-0.2, 0) is 17.8 Å². The molecule has 0 radical (unpaired) electrons. The largest absolute Gasteiger partial charge is 0.489 e. The monoisotopic (exact) mass is 543 g/mol. The van der Waals surface area contributed by atoms with Gasteiger partial charge in [0.15, 0.2) is 5.50 Å². The fraction of sp³-hybridized carbons (Fsp3) is 0.194. The lowest BCUT2D eigenvalue weighted by atomic mass is 10.1. The summed E-state index contributed by atoms with van der Waals surface area (Å²) in [5.41, 5.74) is 7.23. The average molecular weight is 544 g/mol. The highest BCUT2D eigenvalue weighted by Gasteiger charge is 2.27. The van der Waals surface area contributed by atoms with E-state index in [1.807, 2.05) is 66.7 Å². The quantitative estimate of drug-likeness (QED) is 0.226. The summed E-state index contributed by atoms with van der Waals surface area (Å²) in [5, 5.41) is 7.11. The second-order valence-electron chi connectivity index (χ2n) is 9.21. The Morgan fingerprint density at radius 1 is 1.05 bits per heavy atom. The number of hydrogen-bond acceptors (Lipinski definition) is 4. The number of hydrogen-bond donors (Lipinski definition) is 2. The Hall–Kier alpha value is -3.61. The molecular weight excluding hydrogens is 514 g/mol. The fourth-order valence-electron chi connectivity index (χ4n) is 4.49. The summed E-state index contributed by atoms with van der Waals surface area (Å²) in [5.74, 6) is 0.711. The van der Waals surface area contributed by atoms with Crippen molar-refractivity contribution in [1.82, 2.24) is 9.88 Å². The van der Waals surface area contributed by atoms with Crippen molar-refractivity contribution in [3.05, 3.63) is 117 Å². The number of halogens is 1. The minimum atomic E-state index is -0.206. The summed E-state index contributed by atoms with van der Waals surface area (Å²) in [6, 6.07) is 26.1. The summed E-state index contributed by atoms with van der Waals surface area (Å²) in [7, 11) is 0. The van der Waals surface area contributed by atoms with E-state index in [1.165, 1.54) is 17.3 Å². The lowest BCUT2D eigenvalue weighted by Gasteiger charge is -2.13. The van der Waals surface area contributed by atoms with Crippen LogP contribution in [0.25, 0.3) is 11.8 Å². The molecule has 5 nitrogen and oxygen atoms in total. The van der Waals surface area contributed by atoms with E-state index in [4.69, 9.17) is 16.3 Å². The number of ether oxygens (including phenoxy) is 1. The van der Waals surface area contributed by atoms with Gasteiger partial charge in [-0.1, -0.05) is 60.6 Å². The number of rotatable bonds is 8. The number of carbonyl (C=O) groups is 1. The first-order valence-electron chi connectivity index (χ1n) is 12.6. The Labute approximate surface area is 232 Å². The molecular formula is C31H30ClN3O2S. The molecule has 1 aliphatic heterocycles. The number of anilines is 1. The minimum Gasteiger partial charge on any atom is -0.489 e. The number of aryl methyl sites for hydroxylation is 2. The molecule has 1 atom stereocenters. The van der Waals surface area contributed by atoms with Gasteiger partial charge in [0.1, 0.15) is 12.4 Å². The van der Waals surface area contributed by atoms with Crippen molar-refractivity contribution in [2.24, 2.45) is 0 Å². The van der Waals surface area contributed by atoms with E-state index in [-0.39, 0.29) is 11.4 Å². The molecule has 2 N–H and O–H groups in total. The van der Waals surface area contributed by atoms with Gasteiger partial charge in [-0.3, -0.25) is 4.79 Å². The van der Waals surface area contributed by atoms with Crippen LogP contribution >= 0.6 is 23.4 Å². The van der Waals surface area contributed by atoms with Crippen LogP contribution < -0.4 is 15.4 Å². The van der Waals surface area contributed by atoms with Crippen LogP contribution in [0, 0.1) is 13.8 Å². The van der Waals surface area contributed by atoms with Crippen LogP contribution in [0.2, 0.25) is 5.02 Å². The maximum atomic E-state index is 12.7.